The van der Waals surface area contributed by atoms with E-state index in [4.69, 9.17) is 16.3 Å². The van der Waals surface area contributed by atoms with E-state index in [1.165, 1.54) is 0 Å². The Balaban J connectivity index is 1.75. The highest BCUT2D eigenvalue weighted by Gasteiger charge is 2.20. The van der Waals surface area contributed by atoms with Gasteiger partial charge in [0.2, 0.25) is 0 Å². The van der Waals surface area contributed by atoms with Crippen LogP contribution in [-0.4, -0.2) is 25.5 Å². The fourth-order valence-electron chi connectivity index (χ4n) is 2.15. The van der Waals surface area contributed by atoms with E-state index >= 15 is 0 Å². The summed E-state index contributed by atoms with van der Waals surface area (Å²) in [5, 5.41) is 3.84. The van der Waals surface area contributed by atoms with Crippen LogP contribution in [0.15, 0.2) is 24.3 Å². The molecule has 0 aliphatic carbocycles. The molecule has 98 valence electrons. The number of hydrogen-bond acceptors (Lipinski definition) is 3. The van der Waals surface area contributed by atoms with E-state index in [2.05, 4.69) is 5.32 Å². The molecule has 0 amide bonds. The third-order valence-corrected chi connectivity index (χ3v) is 3.51. The summed E-state index contributed by atoms with van der Waals surface area (Å²) in [5.41, 5.74) is 0. The summed E-state index contributed by atoms with van der Waals surface area (Å²) < 4.78 is 5.53. The number of Topliss-reactive ketones (excluding diaryl/α,β-unsaturated/α-hetero) is 1. The van der Waals surface area contributed by atoms with Crippen molar-refractivity contribution in [3.63, 3.8) is 0 Å². The minimum absolute atomic E-state index is 0.161. The van der Waals surface area contributed by atoms with E-state index in [0.29, 0.717) is 23.8 Å². The molecule has 1 aromatic carbocycles. The highest BCUT2D eigenvalue weighted by atomic mass is 35.5. The topological polar surface area (TPSA) is 38.3 Å². The quantitative estimate of drug-likeness (QED) is 0.891. The lowest BCUT2D eigenvalue weighted by atomic mass is 9.94. The van der Waals surface area contributed by atoms with Crippen molar-refractivity contribution < 1.29 is 9.53 Å². The molecule has 1 aromatic rings. The predicted molar refractivity (Wildman–Crippen MR) is 72.2 cm³/mol. The average molecular weight is 268 g/mol. The number of carbonyl (C=O) groups is 1. The molecule has 1 aliphatic rings. The first-order chi connectivity index (χ1) is 8.77. The molecule has 1 fully saturated rings. The first kappa shape index (κ1) is 13.4. The van der Waals surface area contributed by atoms with E-state index in [1.54, 1.807) is 6.07 Å². The number of carbonyl (C=O) groups excluding carboxylic acids is 1. The summed E-state index contributed by atoms with van der Waals surface area (Å²) >= 11 is 5.97. The molecule has 0 spiro atoms. The maximum absolute atomic E-state index is 11.9. The summed E-state index contributed by atoms with van der Waals surface area (Å²) in [6, 6.07) is 7.32. The Morgan fingerprint density at radius 2 is 2.28 bits per heavy atom. The smallest absolute Gasteiger partial charge is 0.140 e. The minimum atomic E-state index is 0.161. The van der Waals surface area contributed by atoms with Crippen molar-refractivity contribution in [1.29, 1.82) is 0 Å². The van der Waals surface area contributed by atoms with Crippen molar-refractivity contribution in [2.24, 2.45) is 5.92 Å². The Labute approximate surface area is 112 Å². The van der Waals surface area contributed by atoms with Crippen molar-refractivity contribution in [2.75, 3.05) is 19.7 Å². The Kier molecular flexibility index (Phi) is 5.02. The number of nitrogens with one attached hydrogen (secondary N) is 1. The van der Waals surface area contributed by atoms with Crippen molar-refractivity contribution in [1.82, 2.24) is 5.32 Å². The van der Waals surface area contributed by atoms with Gasteiger partial charge in [0.1, 0.15) is 11.5 Å². The molecule has 0 saturated carbocycles. The third kappa shape index (κ3) is 3.72. The van der Waals surface area contributed by atoms with Crippen LogP contribution in [0.2, 0.25) is 5.02 Å². The number of ether oxygens (including phenoxy) is 1. The highest BCUT2D eigenvalue weighted by molar-refractivity contribution is 6.32. The number of benzene rings is 1. The van der Waals surface area contributed by atoms with Gasteiger partial charge in [-0.1, -0.05) is 23.7 Å². The molecule has 4 heteroatoms. The van der Waals surface area contributed by atoms with Gasteiger partial charge >= 0.3 is 0 Å². The molecule has 1 aliphatic heterocycles. The van der Waals surface area contributed by atoms with Crippen LogP contribution >= 0.6 is 11.6 Å². The van der Waals surface area contributed by atoms with Gasteiger partial charge < -0.3 is 10.1 Å². The van der Waals surface area contributed by atoms with E-state index in [1.807, 2.05) is 18.2 Å². The Morgan fingerprint density at radius 3 is 3.00 bits per heavy atom. The third-order valence-electron chi connectivity index (χ3n) is 3.19. The van der Waals surface area contributed by atoms with Gasteiger partial charge in [0, 0.05) is 18.9 Å². The lowest BCUT2D eigenvalue weighted by Gasteiger charge is -2.21. The van der Waals surface area contributed by atoms with Gasteiger partial charge in [-0.05, 0) is 31.5 Å². The number of halogens is 1. The molecule has 3 nitrogen and oxygen atoms in total. The molecule has 0 radical (unpaired) electrons. The first-order valence-electron chi connectivity index (χ1n) is 6.38. The van der Waals surface area contributed by atoms with Gasteiger partial charge in [-0.3, -0.25) is 4.79 Å². The van der Waals surface area contributed by atoms with Gasteiger partial charge in [0.15, 0.2) is 0 Å². The van der Waals surface area contributed by atoms with Crippen LogP contribution in [0.25, 0.3) is 0 Å². The largest absolute Gasteiger partial charge is 0.492 e. The summed E-state index contributed by atoms with van der Waals surface area (Å²) in [5.74, 6) is 1.09. The molecular formula is C14H18ClNO2. The molecule has 1 unspecified atom stereocenters. The number of hydrogen-bond donors (Lipinski definition) is 1. The molecule has 1 saturated heterocycles. The second-order valence-electron chi connectivity index (χ2n) is 4.54. The molecule has 0 aromatic heterocycles. The van der Waals surface area contributed by atoms with Crippen molar-refractivity contribution in [3.05, 3.63) is 29.3 Å². The van der Waals surface area contributed by atoms with Crippen LogP contribution in [0, 0.1) is 5.92 Å². The van der Waals surface area contributed by atoms with Crippen LogP contribution in [0.1, 0.15) is 19.3 Å². The van der Waals surface area contributed by atoms with Crippen LogP contribution in [0.4, 0.5) is 0 Å². The first-order valence-corrected chi connectivity index (χ1v) is 6.76. The highest BCUT2D eigenvalue weighted by Crippen LogP contribution is 2.23. The van der Waals surface area contributed by atoms with Crippen molar-refractivity contribution in [3.8, 4) is 5.75 Å². The maximum atomic E-state index is 11.9. The number of piperidine rings is 1. The second kappa shape index (κ2) is 6.76. The van der Waals surface area contributed by atoms with E-state index in [0.717, 1.165) is 25.9 Å². The zero-order chi connectivity index (χ0) is 12.8. The monoisotopic (exact) mass is 267 g/mol. The lowest BCUT2D eigenvalue weighted by Crippen LogP contribution is -2.34. The number of ketones is 1. The summed E-state index contributed by atoms with van der Waals surface area (Å²) in [6.07, 6.45) is 2.54. The zero-order valence-electron chi connectivity index (χ0n) is 10.3. The van der Waals surface area contributed by atoms with Gasteiger partial charge in [-0.15, -0.1) is 0 Å². The minimum Gasteiger partial charge on any atom is -0.492 e. The van der Waals surface area contributed by atoms with Gasteiger partial charge in [-0.2, -0.15) is 0 Å². The summed E-state index contributed by atoms with van der Waals surface area (Å²) in [4.78, 5) is 11.9. The summed E-state index contributed by atoms with van der Waals surface area (Å²) in [6.45, 7) is 2.24. The molecule has 1 heterocycles. The van der Waals surface area contributed by atoms with Gasteiger partial charge in [0.05, 0.1) is 11.6 Å². The SMILES string of the molecule is O=C(CCOc1ccccc1Cl)C1CCCNC1. The molecule has 1 atom stereocenters. The molecule has 18 heavy (non-hydrogen) atoms. The van der Waals surface area contributed by atoms with E-state index < -0.39 is 0 Å². The van der Waals surface area contributed by atoms with Crippen LogP contribution in [0.5, 0.6) is 5.75 Å². The van der Waals surface area contributed by atoms with Crippen LogP contribution < -0.4 is 10.1 Å². The van der Waals surface area contributed by atoms with Gasteiger partial charge in [0.25, 0.3) is 0 Å². The lowest BCUT2D eigenvalue weighted by molar-refractivity contribution is -0.123. The number of rotatable bonds is 5. The van der Waals surface area contributed by atoms with Crippen LogP contribution in [0.3, 0.4) is 0 Å². The molecule has 1 N–H and O–H groups in total. The van der Waals surface area contributed by atoms with Crippen molar-refractivity contribution >= 4 is 17.4 Å². The maximum Gasteiger partial charge on any atom is 0.140 e. The van der Waals surface area contributed by atoms with Crippen molar-refractivity contribution in [2.45, 2.75) is 19.3 Å². The number of para-hydroxylation sites is 1. The summed E-state index contributed by atoms with van der Waals surface area (Å²) in [7, 11) is 0. The molecule has 2 rings (SSSR count). The standard InChI is InChI=1S/C14H18ClNO2/c15-12-5-1-2-6-14(12)18-9-7-13(17)11-4-3-8-16-10-11/h1-2,5-6,11,16H,3-4,7-10H2. The zero-order valence-corrected chi connectivity index (χ0v) is 11.1. The van der Waals surface area contributed by atoms with Crippen LogP contribution in [-0.2, 0) is 4.79 Å². The second-order valence-corrected chi connectivity index (χ2v) is 4.95. The Bertz CT molecular complexity index is 403. The Hall–Kier alpha value is -1.06. The predicted octanol–water partition coefficient (Wildman–Crippen LogP) is 2.68. The fourth-order valence-corrected chi connectivity index (χ4v) is 2.34. The Morgan fingerprint density at radius 1 is 1.44 bits per heavy atom. The normalized spacial score (nSPS) is 19.5. The van der Waals surface area contributed by atoms with E-state index in [9.17, 15) is 4.79 Å². The fraction of sp³-hybridized carbons (Fsp3) is 0.500. The molecular weight excluding hydrogens is 250 g/mol. The van der Waals surface area contributed by atoms with Gasteiger partial charge in [-0.25, -0.2) is 0 Å². The average Bonchev–Trinajstić information content (AvgIpc) is 2.42. The van der Waals surface area contributed by atoms with E-state index in [-0.39, 0.29) is 11.7 Å². The molecule has 0 bridgehead atoms.